The average molecular weight is 402 g/mol. The Bertz CT molecular complexity index is 1170. The summed E-state index contributed by atoms with van der Waals surface area (Å²) in [5.41, 5.74) is 2.43. The van der Waals surface area contributed by atoms with Gasteiger partial charge in [-0.05, 0) is 35.7 Å². The molecular weight excluding hydrogens is 374 g/mol. The first kappa shape index (κ1) is 19.0. The number of benzene rings is 2. The van der Waals surface area contributed by atoms with Gasteiger partial charge in [0.1, 0.15) is 22.7 Å². The third-order valence-corrected chi connectivity index (χ3v) is 5.62. The molecule has 0 spiro atoms. The summed E-state index contributed by atoms with van der Waals surface area (Å²) in [7, 11) is 0. The molecule has 1 fully saturated rings. The number of rotatable bonds is 4. The predicted molar refractivity (Wildman–Crippen MR) is 121 cm³/mol. The molecule has 0 radical (unpaired) electrons. The summed E-state index contributed by atoms with van der Waals surface area (Å²) >= 11 is 0. The van der Waals surface area contributed by atoms with Crippen LogP contribution in [0.15, 0.2) is 47.0 Å². The molecule has 0 atom stereocenters. The van der Waals surface area contributed by atoms with Crippen LogP contribution < -0.4 is 10.2 Å². The van der Waals surface area contributed by atoms with E-state index in [9.17, 15) is 0 Å². The van der Waals surface area contributed by atoms with Crippen molar-refractivity contribution in [2.75, 3.05) is 31.1 Å². The van der Waals surface area contributed by atoms with E-state index in [1.54, 1.807) is 0 Å². The maximum Gasteiger partial charge on any atom is 0.263 e. The zero-order chi connectivity index (χ0) is 20.5. The second-order valence-electron chi connectivity index (χ2n) is 8.43. The predicted octanol–water partition coefficient (Wildman–Crippen LogP) is 4.44. The topological polar surface area (TPSA) is 67.1 Å². The van der Waals surface area contributed by atoms with Crippen molar-refractivity contribution in [3.63, 3.8) is 0 Å². The number of hydrogen-bond donors (Lipinski definition) is 1. The van der Waals surface area contributed by atoms with Gasteiger partial charge in [0.2, 0.25) is 0 Å². The van der Waals surface area contributed by atoms with Crippen molar-refractivity contribution in [1.82, 2.24) is 20.4 Å². The van der Waals surface area contributed by atoms with Gasteiger partial charge in [-0.3, -0.25) is 0 Å². The fourth-order valence-electron chi connectivity index (χ4n) is 4.16. The summed E-state index contributed by atoms with van der Waals surface area (Å²) in [6.07, 6.45) is 1.91. The molecule has 154 valence electrons. The maximum absolute atomic E-state index is 5.76. The van der Waals surface area contributed by atoms with Gasteiger partial charge in [-0.1, -0.05) is 55.4 Å². The molecule has 0 amide bonds. The highest BCUT2D eigenvalue weighted by Crippen LogP contribution is 2.35. The normalized spacial score (nSPS) is 15.2. The van der Waals surface area contributed by atoms with Crippen molar-refractivity contribution in [2.24, 2.45) is 5.92 Å². The van der Waals surface area contributed by atoms with Crippen LogP contribution in [0.2, 0.25) is 0 Å². The van der Waals surface area contributed by atoms with Crippen LogP contribution in [0.4, 0.5) is 5.82 Å². The van der Waals surface area contributed by atoms with E-state index >= 15 is 0 Å². The van der Waals surface area contributed by atoms with E-state index in [-0.39, 0.29) is 0 Å². The first-order chi connectivity index (χ1) is 14.7. The molecule has 1 saturated heterocycles. The molecule has 6 nitrogen and oxygen atoms in total. The molecule has 0 bridgehead atoms. The molecular formula is C24H27N5O. The Hall–Kier alpha value is -2.99. The molecule has 30 heavy (non-hydrogen) atoms. The molecule has 2 aromatic heterocycles. The van der Waals surface area contributed by atoms with Crippen LogP contribution >= 0.6 is 0 Å². The van der Waals surface area contributed by atoms with E-state index in [0.717, 1.165) is 67.3 Å². The van der Waals surface area contributed by atoms with Gasteiger partial charge in [-0.2, -0.15) is 4.98 Å². The summed E-state index contributed by atoms with van der Waals surface area (Å²) in [6, 6.07) is 14.8. The van der Waals surface area contributed by atoms with E-state index in [0.29, 0.717) is 11.6 Å². The standard InChI is InChI=1S/C24H27N5O/c1-16(2)14-20-26-23(29-12-5-10-25-11-13-29)21-22(28-30-24(21)27-20)19-9-8-17-6-3-4-7-18(17)15-19/h3-4,6-9,15-16,25H,5,10-14H2,1-2H3. The van der Waals surface area contributed by atoms with Crippen molar-refractivity contribution in [3.05, 3.63) is 48.3 Å². The Morgan fingerprint density at radius 3 is 2.77 bits per heavy atom. The van der Waals surface area contributed by atoms with Crippen LogP contribution in [0.1, 0.15) is 26.1 Å². The van der Waals surface area contributed by atoms with Crippen molar-refractivity contribution in [1.29, 1.82) is 0 Å². The van der Waals surface area contributed by atoms with Gasteiger partial charge in [0.05, 0.1) is 0 Å². The molecule has 1 aliphatic rings. The quantitative estimate of drug-likeness (QED) is 0.545. The van der Waals surface area contributed by atoms with Gasteiger partial charge in [-0.15, -0.1) is 0 Å². The SMILES string of the molecule is CC(C)Cc1nc(N2CCCNCC2)c2c(-c3ccc4ccccc4c3)noc2n1. The lowest BCUT2D eigenvalue weighted by molar-refractivity contribution is 0.449. The van der Waals surface area contributed by atoms with Gasteiger partial charge in [0.25, 0.3) is 5.71 Å². The minimum absolute atomic E-state index is 0.476. The fraction of sp³-hybridized carbons (Fsp3) is 0.375. The lowest BCUT2D eigenvalue weighted by atomic mass is 10.0. The molecule has 5 rings (SSSR count). The van der Waals surface area contributed by atoms with Crippen LogP contribution in [-0.4, -0.2) is 41.3 Å². The highest BCUT2D eigenvalue weighted by molar-refractivity contribution is 6.00. The zero-order valence-electron chi connectivity index (χ0n) is 17.6. The monoisotopic (exact) mass is 401 g/mol. The minimum atomic E-state index is 0.476. The van der Waals surface area contributed by atoms with Gasteiger partial charge in [0.15, 0.2) is 0 Å². The van der Waals surface area contributed by atoms with E-state index < -0.39 is 0 Å². The number of fused-ring (bicyclic) bond motifs is 2. The number of aromatic nitrogens is 3. The largest absolute Gasteiger partial charge is 0.354 e. The van der Waals surface area contributed by atoms with E-state index in [1.165, 1.54) is 10.8 Å². The van der Waals surface area contributed by atoms with Crippen molar-refractivity contribution in [3.8, 4) is 11.3 Å². The van der Waals surface area contributed by atoms with Crippen LogP contribution in [-0.2, 0) is 6.42 Å². The number of nitrogens with zero attached hydrogens (tertiary/aromatic N) is 4. The molecule has 3 heterocycles. The lowest BCUT2D eigenvalue weighted by Gasteiger charge is -2.22. The highest BCUT2D eigenvalue weighted by atomic mass is 16.5. The second-order valence-corrected chi connectivity index (χ2v) is 8.43. The van der Waals surface area contributed by atoms with Gasteiger partial charge in [-0.25, -0.2) is 4.98 Å². The average Bonchev–Trinajstić information content (AvgIpc) is 2.98. The lowest BCUT2D eigenvalue weighted by Crippen LogP contribution is -2.29. The smallest absolute Gasteiger partial charge is 0.263 e. The number of hydrogen-bond acceptors (Lipinski definition) is 6. The van der Waals surface area contributed by atoms with Crippen molar-refractivity contribution >= 4 is 27.7 Å². The third-order valence-electron chi connectivity index (χ3n) is 5.62. The highest BCUT2D eigenvalue weighted by Gasteiger charge is 2.23. The molecule has 0 saturated carbocycles. The summed E-state index contributed by atoms with van der Waals surface area (Å²) in [5.74, 6) is 2.25. The van der Waals surface area contributed by atoms with Gasteiger partial charge >= 0.3 is 0 Å². The fourth-order valence-corrected chi connectivity index (χ4v) is 4.16. The van der Waals surface area contributed by atoms with Crippen LogP contribution in [0.25, 0.3) is 33.1 Å². The Labute approximate surface area is 176 Å². The minimum Gasteiger partial charge on any atom is -0.354 e. The number of nitrogens with one attached hydrogen (secondary N) is 1. The van der Waals surface area contributed by atoms with E-state index in [4.69, 9.17) is 14.5 Å². The molecule has 0 unspecified atom stereocenters. The van der Waals surface area contributed by atoms with E-state index in [1.807, 2.05) is 0 Å². The summed E-state index contributed by atoms with van der Waals surface area (Å²) in [4.78, 5) is 12.1. The zero-order valence-corrected chi connectivity index (χ0v) is 17.6. The second kappa shape index (κ2) is 8.03. The number of anilines is 1. The third kappa shape index (κ3) is 3.63. The first-order valence-corrected chi connectivity index (χ1v) is 10.8. The molecule has 6 heteroatoms. The first-order valence-electron chi connectivity index (χ1n) is 10.8. The van der Waals surface area contributed by atoms with Crippen LogP contribution in [0.5, 0.6) is 0 Å². The molecule has 1 aliphatic heterocycles. The summed E-state index contributed by atoms with van der Waals surface area (Å²) in [6.45, 7) is 8.22. The molecule has 0 aliphatic carbocycles. The molecule has 2 aromatic carbocycles. The summed E-state index contributed by atoms with van der Waals surface area (Å²) in [5, 5.41) is 11.2. The maximum atomic E-state index is 5.76. The molecule has 1 N–H and O–H groups in total. The summed E-state index contributed by atoms with van der Waals surface area (Å²) < 4.78 is 5.76. The Kier molecular flexibility index (Phi) is 5.09. The van der Waals surface area contributed by atoms with Crippen molar-refractivity contribution < 1.29 is 4.52 Å². The van der Waals surface area contributed by atoms with Crippen LogP contribution in [0.3, 0.4) is 0 Å². The van der Waals surface area contributed by atoms with Crippen molar-refractivity contribution in [2.45, 2.75) is 26.7 Å². The Balaban J connectivity index is 1.68. The Morgan fingerprint density at radius 1 is 1.03 bits per heavy atom. The van der Waals surface area contributed by atoms with Gasteiger partial charge in [0, 0.05) is 31.6 Å². The van der Waals surface area contributed by atoms with Gasteiger partial charge < -0.3 is 14.7 Å². The van der Waals surface area contributed by atoms with Crippen LogP contribution in [0, 0.1) is 5.92 Å². The Morgan fingerprint density at radius 2 is 1.90 bits per heavy atom. The van der Waals surface area contributed by atoms with E-state index in [2.05, 4.69) is 71.7 Å². The molecule has 4 aromatic rings.